The van der Waals surface area contributed by atoms with Crippen molar-refractivity contribution in [3.63, 3.8) is 0 Å². The average Bonchev–Trinajstić information content (AvgIpc) is 3.21. The number of sulfonamides is 1. The molecule has 1 atom stereocenters. The van der Waals surface area contributed by atoms with Gasteiger partial charge in [0.05, 0.1) is 24.9 Å². The molecule has 2 aromatic carbocycles. The van der Waals surface area contributed by atoms with E-state index in [1.54, 1.807) is 30.5 Å². The van der Waals surface area contributed by atoms with Gasteiger partial charge in [0.2, 0.25) is 15.6 Å². The fourth-order valence-corrected chi connectivity index (χ4v) is 4.77. The molecular formula is C22H21N3O5S. The van der Waals surface area contributed by atoms with Gasteiger partial charge in [0.1, 0.15) is 4.90 Å². The van der Waals surface area contributed by atoms with E-state index in [0.717, 1.165) is 10.9 Å². The minimum Gasteiger partial charge on any atom is -0.466 e. The smallest absolute Gasteiger partial charge is 0.353 e. The Balaban J connectivity index is 1.50. The Morgan fingerprint density at radius 2 is 1.90 bits per heavy atom. The minimum atomic E-state index is -3.86. The zero-order valence-electron chi connectivity index (χ0n) is 16.8. The predicted octanol–water partition coefficient (Wildman–Crippen LogP) is 2.44. The van der Waals surface area contributed by atoms with E-state index in [2.05, 4.69) is 14.9 Å². The largest absolute Gasteiger partial charge is 0.466 e. The molecule has 0 saturated heterocycles. The normalized spacial score (nSPS) is 18.4. The van der Waals surface area contributed by atoms with Gasteiger partial charge < -0.3 is 9.57 Å². The molecule has 0 saturated carbocycles. The van der Waals surface area contributed by atoms with Crippen molar-refractivity contribution in [1.29, 1.82) is 0 Å². The summed E-state index contributed by atoms with van der Waals surface area (Å²) in [4.78, 5) is 22.3. The second-order valence-corrected chi connectivity index (χ2v) is 8.97. The van der Waals surface area contributed by atoms with Crippen molar-refractivity contribution in [2.45, 2.75) is 23.3 Å². The van der Waals surface area contributed by atoms with Gasteiger partial charge in [-0.15, -0.1) is 0 Å². The molecular weight excluding hydrogens is 418 g/mol. The highest BCUT2D eigenvalue weighted by molar-refractivity contribution is 7.89. The molecule has 1 aromatic heterocycles. The van der Waals surface area contributed by atoms with Gasteiger partial charge in [-0.1, -0.05) is 53.7 Å². The number of rotatable bonds is 7. The number of oxime groups is 1. The Bertz CT molecular complexity index is 1240. The van der Waals surface area contributed by atoms with Crippen molar-refractivity contribution >= 4 is 32.6 Å². The maximum atomic E-state index is 12.9. The van der Waals surface area contributed by atoms with Crippen LogP contribution in [0.25, 0.3) is 10.9 Å². The van der Waals surface area contributed by atoms with Gasteiger partial charge in [0, 0.05) is 24.4 Å². The summed E-state index contributed by atoms with van der Waals surface area (Å²) in [5, 5.41) is 4.71. The van der Waals surface area contributed by atoms with E-state index in [1.807, 2.05) is 30.3 Å². The lowest BCUT2D eigenvalue weighted by molar-refractivity contribution is -0.166. The lowest BCUT2D eigenvalue weighted by atomic mass is 9.90. The first-order valence-electron chi connectivity index (χ1n) is 9.63. The van der Waals surface area contributed by atoms with Crippen molar-refractivity contribution in [2.24, 2.45) is 5.16 Å². The Hall–Kier alpha value is -3.30. The fourth-order valence-electron chi connectivity index (χ4n) is 3.58. The third kappa shape index (κ3) is 4.28. The van der Waals surface area contributed by atoms with Crippen molar-refractivity contribution < 1.29 is 22.8 Å². The summed E-state index contributed by atoms with van der Waals surface area (Å²) in [5.41, 5.74) is 0.345. The number of para-hydroxylation sites is 1. The number of benzene rings is 2. The second kappa shape index (κ2) is 8.44. The first-order valence-corrected chi connectivity index (χ1v) is 11.1. The monoisotopic (exact) mass is 439 g/mol. The van der Waals surface area contributed by atoms with Crippen LogP contribution in [0.5, 0.6) is 0 Å². The van der Waals surface area contributed by atoms with E-state index < -0.39 is 21.6 Å². The molecule has 3 aromatic rings. The number of ether oxygens (including phenoxy) is 1. The lowest BCUT2D eigenvalue weighted by Crippen LogP contribution is -2.43. The van der Waals surface area contributed by atoms with Gasteiger partial charge in [-0.2, -0.15) is 0 Å². The average molecular weight is 439 g/mol. The maximum absolute atomic E-state index is 12.9. The third-order valence-corrected chi connectivity index (χ3v) is 6.51. The van der Waals surface area contributed by atoms with Crippen LogP contribution in [-0.2, 0) is 30.8 Å². The van der Waals surface area contributed by atoms with Gasteiger partial charge >= 0.3 is 5.97 Å². The van der Waals surface area contributed by atoms with Gasteiger partial charge in [0.25, 0.3) is 0 Å². The van der Waals surface area contributed by atoms with E-state index in [4.69, 9.17) is 9.57 Å². The van der Waals surface area contributed by atoms with E-state index in [-0.39, 0.29) is 24.3 Å². The molecule has 0 aliphatic carbocycles. The zero-order valence-corrected chi connectivity index (χ0v) is 17.6. The van der Waals surface area contributed by atoms with Crippen LogP contribution < -0.4 is 4.72 Å². The number of pyridine rings is 1. The molecule has 8 nitrogen and oxygen atoms in total. The summed E-state index contributed by atoms with van der Waals surface area (Å²) in [5.74, 6) is -0.559. The number of fused-ring (bicyclic) bond motifs is 1. The molecule has 0 amide bonds. The van der Waals surface area contributed by atoms with Crippen LogP contribution in [0, 0.1) is 0 Å². The molecule has 4 rings (SSSR count). The molecule has 1 N–H and O–H groups in total. The number of nitrogens with one attached hydrogen (secondary N) is 1. The quantitative estimate of drug-likeness (QED) is 0.567. The van der Waals surface area contributed by atoms with E-state index >= 15 is 0 Å². The summed E-state index contributed by atoms with van der Waals surface area (Å²) in [7, 11) is -2.58. The fraction of sp³-hybridized carbons (Fsp3) is 0.227. The summed E-state index contributed by atoms with van der Waals surface area (Å²) >= 11 is 0. The number of esters is 1. The zero-order chi connectivity index (χ0) is 21.9. The number of hydrogen-bond donors (Lipinski definition) is 1. The van der Waals surface area contributed by atoms with Crippen LogP contribution in [0.15, 0.2) is 76.9 Å². The Morgan fingerprint density at radius 1 is 1.13 bits per heavy atom. The van der Waals surface area contributed by atoms with Crippen LogP contribution in [0.3, 0.4) is 0 Å². The molecule has 0 radical (unpaired) electrons. The molecule has 160 valence electrons. The van der Waals surface area contributed by atoms with Crippen LogP contribution >= 0.6 is 0 Å². The molecule has 1 aliphatic heterocycles. The Labute approximate surface area is 179 Å². The number of methoxy groups -OCH3 is 1. The second-order valence-electron chi connectivity index (χ2n) is 7.23. The first-order chi connectivity index (χ1) is 14.9. The van der Waals surface area contributed by atoms with E-state index in [1.165, 1.54) is 13.2 Å². The van der Waals surface area contributed by atoms with Gasteiger partial charge in [-0.05, 0) is 17.7 Å². The molecule has 0 fully saturated rings. The number of hydrogen-bond acceptors (Lipinski definition) is 7. The van der Waals surface area contributed by atoms with Crippen molar-refractivity contribution in [1.82, 2.24) is 9.71 Å². The van der Waals surface area contributed by atoms with E-state index in [9.17, 15) is 13.2 Å². The number of nitrogens with zero attached hydrogens (tertiary/aromatic N) is 2. The van der Waals surface area contributed by atoms with Crippen molar-refractivity contribution in [3.05, 3.63) is 72.4 Å². The summed E-state index contributed by atoms with van der Waals surface area (Å²) in [6.45, 7) is -0.0981. The van der Waals surface area contributed by atoms with Crippen molar-refractivity contribution in [2.75, 3.05) is 13.7 Å². The molecule has 0 bridgehead atoms. The van der Waals surface area contributed by atoms with Gasteiger partial charge in [-0.25, -0.2) is 17.9 Å². The topological polar surface area (TPSA) is 107 Å². The summed E-state index contributed by atoms with van der Waals surface area (Å²) < 4.78 is 33.3. The SMILES string of the molecule is COC(=O)C1(Cc2ccccc2)CC(CNS(=O)(=O)c2cccc3cccnc23)=NO1. The van der Waals surface area contributed by atoms with Crippen molar-refractivity contribution in [3.8, 4) is 0 Å². The first kappa shape index (κ1) is 21.0. The standard InChI is InChI=1S/C22H21N3O5S/c1-29-21(26)22(13-16-7-3-2-4-8-16)14-18(25-30-22)15-24-31(27,28)19-11-5-9-17-10-6-12-23-20(17)19/h2-12,24H,13-15H2,1H3. The Kier molecular flexibility index (Phi) is 5.71. The predicted molar refractivity (Wildman–Crippen MR) is 115 cm³/mol. The molecule has 1 aliphatic rings. The van der Waals surface area contributed by atoms with Gasteiger partial charge in [-0.3, -0.25) is 4.98 Å². The summed E-state index contributed by atoms with van der Waals surface area (Å²) in [6, 6.07) is 17.9. The number of carbonyl (C=O) groups is 1. The highest BCUT2D eigenvalue weighted by Gasteiger charge is 2.47. The third-order valence-electron chi connectivity index (χ3n) is 5.08. The Morgan fingerprint density at radius 3 is 2.68 bits per heavy atom. The summed E-state index contributed by atoms with van der Waals surface area (Å²) in [6.07, 6.45) is 1.92. The molecule has 31 heavy (non-hydrogen) atoms. The highest BCUT2D eigenvalue weighted by Crippen LogP contribution is 2.30. The van der Waals surface area contributed by atoms with Gasteiger partial charge in [0.15, 0.2) is 0 Å². The highest BCUT2D eigenvalue weighted by atomic mass is 32.2. The number of carbonyl (C=O) groups excluding carboxylic acids is 1. The molecule has 9 heteroatoms. The van der Waals surface area contributed by atoms with E-state index in [0.29, 0.717) is 11.2 Å². The van der Waals surface area contributed by atoms with Crippen LogP contribution in [-0.4, -0.2) is 44.3 Å². The lowest BCUT2D eigenvalue weighted by Gasteiger charge is -2.23. The molecule has 1 unspecified atom stereocenters. The molecule has 2 heterocycles. The van der Waals surface area contributed by atoms with Crippen LogP contribution in [0.2, 0.25) is 0 Å². The van der Waals surface area contributed by atoms with Crippen LogP contribution in [0.1, 0.15) is 12.0 Å². The maximum Gasteiger partial charge on any atom is 0.353 e. The van der Waals surface area contributed by atoms with Crippen LogP contribution in [0.4, 0.5) is 0 Å². The minimum absolute atomic E-state index is 0.0774. The number of aromatic nitrogens is 1. The molecule has 0 spiro atoms.